The van der Waals surface area contributed by atoms with Crippen molar-refractivity contribution < 1.29 is 4.74 Å². The Hall–Kier alpha value is -1.35. The van der Waals surface area contributed by atoms with Gasteiger partial charge in [-0.05, 0) is 43.1 Å². The molecule has 1 aromatic carbocycles. The maximum Gasteiger partial charge on any atom is 0.259 e. The summed E-state index contributed by atoms with van der Waals surface area (Å²) in [5.41, 5.74) is 1.19. The first kappa shape index (κ1) is 13.1. The van der Waals surface area contributed by atoms with Gasteiger partial charge in [-0.15, -0.1) is 0 Å². The van der Waals surface area contributed by atoms with E-state index in [2.05, 4.69) is 23.1 Å². The van der Waals surface area contributed by atoms with E-state index in [1.165, 1.54) is 24.8 Å². The van der Waals surface area contributed by atoms with Crippen LogP contribution in [0.3, 0.4) is 0 Å². The molecule has 2 nitrogen and oxygen atoms in total. The molecule has 0 radical (unpaired) electrons. The van der Waals surface area contributed by atoms with Crippen LogP contribution in [-0.4, -0.2) is 29.8 Å². The third-order valence-electron chi connectivity index (χ3n) is 3.03. The van der Waals surface area contributed by atoms with Crippen LogP contribution in [0.1, 0.15) is 24.8 Å². The van der Waals surface area contributed by atoms with Crippen molar-refractivity contribution in [2.45, 2.75) is 19.3 Å². The summed E-state index contributed by atoms with van der Waals surface area (Å²) in [6.07, 6.45) is 7.82. The normalized spacial score (nSPS) is 15.9. The molecule has 0 bridgehead atoms. The molecule has 0 aliphatic carbocycles. The fourth-order valence-electron chi connectivity index (χ4n) is 2.04. The standard InChI is InChI=1S/C15H19NOS/c18-15(16-11-5-2-6-12-16)17-13-7-10-14-8-3-1-4-9-14/h1,3-4,7-10H,2,5-6,11-13H2/b10-7+. The van der Waals surface area contributed by atoms with Crippen molar-refractivity contribution in [3.8, 4) is 0 Å². The van der Waals surface area contributed by atoms with Crippen LogP contribution in [0.15, 0.2) is 36.4 Å². The fraction of sp³-hybridized carbons (Fsp3) is 0.400. The summed E-state index contributed by atoms with van der Waals surface area (Å²) >= 11 is 5.27. The van der Waals surface area contributed by atoms with E-state index in [9.17, 15) is 0 Å². The van der Waals surface area contributed by atoms with E-state index in [-0.39, 0.29) is 0 Å². The molecule has 1 aliphatic rings. The molecule has 1 saturated heterocycles. The van der Waals surface area contributed by atoms with Crippen LogP contribution in [0.5, 0.6) is 0 Å². The molecule has 1 heterocycles. The largest absolute Gasteiger partial charge is 0.467 e. The number of nitrogens with zero attached hydrogens (tertiary/aromatic N) is 1. The first-order valence-electron chi connectivity index (χ1n) is 6.49. The van der Waals surface area contributed by atoms with Gasteiger partial charge in [-0.2, -0.15) is 0 Å². The van der Waals surface area contributed by atoms with E-state index < -0.39 is 0 Å². The Kier molecular flexibility index (Phi) is 5.21. The molecule has 1 aromatic rings. The van der Waals surface area contributed by atoms with Crippen LogP contribution < -0.4 is 0 Å². The Morgan fingerprint density at radius 2 is 1.89 bits per heavy atom. The monoisotopic (exact) mass is 261 g/mol. The predicted molar refractivity (Wildman–Crippen MR) is 79.5 cm³/mol. The molecule has 0 spiro atoms. The summed E-state index contributed by atoms with van der Waals surface area (Å²) < 4.78 is 5.57. The van der Waals surface area contributed by atoms with E-state index in [1.54, 1.807) is 0 Å². The van der Waals surface area contributed by atoms with Crippen molar-refractivity contribution in [2.24, 2.45) is 0 Å². The molecule has 0 N–H and O–H groups in total. The number of hydrogen-bond acceptors (Lipinski definition) is 2. The summed E-state index contributed by atoms with van der Waals surface area (Å²) in [6, 6.07) is 10.2. The van der Waals surface area contributed by atoms with Crippen molar-refractivity contribution in [3.63, 3.8) is 0 Å². The van der Waals surface area contributed by atoms with Crippen LogP contribution >= 0.6 is 12.2 Å². The van der Waals surface area contributed by atoms with Crippen LogP contribution in [0.4, 0.5) is 0 Å². The van der Waals surface area contributed by atoms with E-state index in [0.717, 1.165) is 13.1 Å². The molecular weight excluding hydrogens is 242 g/mol. The lowest BCUT2D eigenvalue weighted by molar-refractivity contribution is 0.244. The summed E-state index contributed by atoms with van der Waals surface area (Å²) in [5, 5.41) is 0.646. The van der Waals surface area contributed by atoms with Crippen molar-refractivity contribution in [3.05, 3.63) is 42.0 Å². The number of likely N-dealkylation sites (tertiary alicyclic amines) is 1. The molecule has 0 atom stereocenters. The maximum atomic E-state index is 5.57. The first-order chi connectivity index (χ1) is 8.86. The second kappa shape index (κ2) is 7.17. The Morgan fingerprint density at radius 1 is 1.17 bits per heavy atom. The Morgan fingerprint density at radius 3 is 2.61 bits per heavy atom. The van der Waals surface area contributed by atoms with Crippen molar-refractivity contribution >= 4 is 23.5 Å². The van der Waals surface area contributed by atoms with Gasteiger partial charge in [0, 0.05) is 13.1 Å². The summed E-state index contributed by atoms with van der Waals surface area (Å²) in [5.74, 6) is 0. The molecular formula is C15H19NOS. The van der Waals surface area contributed by atoms with Gasteiger partial charge in [0.2, 0.25) is 0 Å². The maximum absolute atomic E-state index is 5.57. The van der Waals surface area contributed by atoms with Crippen LogP contribution in [-0.2, 0) is 4.74 Å². The Labute approximate surface area is 114 Å². The smallest absolute Gasteiger partial charge is 0.259 e. The highest BCUT2D eigenvalue weighted by molar-refractivity contribution is 7.80. The van der Waals surface area contributed by atoms with Crippen molar-refractivity contribution in [2.75, 3.05) is 19.7 Å². The van der Waals surface area contributed by atoms with Gasteiger partial charge in [0.05, 0.1) is 0 Å². The van der Waals surface area contributed by atoms with E-state index in [0.29, 0.717) is 11.8 Å². The molecule has 0 aromatic heterocycles. The van der Waals surface area contributed by atoms with Gasteiger partial charge >= 0.3 is 0 Å². The minimum atomic E-state index is 0.546. The van der Waals surface area contributed by atoms with Crippen LogP contribution in [0, 0.1) is 0 Å². The zero-order chi connectivity index (χ0) is 12.6. The number of thiocarbonyl (C=S) groups is 1. The van der Waals surface area contributed by atoms with Crippen molar-refractivity contribution in [1.29, 1.82) is 0 Å². The van der Waals surface area contributed by atoms with Gasteiger partial charge in [-0.25, -0.2) is 0 Å². The number of benzene rings is 1. The van der Waals surface area contributed by atoms with Crippen LogP contribution in [0.2, 0.25) is 0 Å². The molecule has 1 aliphatic heterocycles. The average Bonchev–Trinajstić information content (AvgIpc) is 2.45. The van der Waals surface area contributed by atoms with Gasteiger partial charge < -0.3 is 9.64 Å². The summed E-state index contributed by atoms with van der Waals surface area (Å²) in [7, 11) is 0. The number of piperidine rings is 1. The minimum Gasteiger partial charge on any atom is -0.467 e. The molecule has 1 fully saturated rings. The lowest BCUT2D eigenvalue weighted by Crippen LogP contribution is -2.35. The third kappa shape index (κ3) is 4.15. The summed E-state index contributed by atoms with van der Waals surface area (Å²) in [4.78, 5) is 2.16. The van der Waals surface area contributed by atoms with Gasteiger partial charge in [0.15, 0.2) is 0 Å². The van der Waals surface area contributed by atoms with E-state index in [4.69, 9.17) is 17.0 Å². The first-order valence-corrected chi connectivity index (χ1v) is 6.90. The quantitative estimate of drug-likeness (QED) is 0.773. The highest BCUT2D eigenvalue weighted by atomic mass is 32.1. The highest BCUT2D eigenvalue weighted by Gasteiger charge is 2.13. The third-order valence-corrected chi connectivity index (χ3v) is 3.40. The van der Waals surface area contributed by atoms with Crippen LogP contribution in [0.25, 0.3) is 6.08 Å². The predicted octanol–water partition coefficient (Wildman–Crippen LogP) is 3.49. The van der Waals surface area contributed by atoms with Gasteiger partial charge in [0.1, 0.15) is 6.61 Å². The minimum absolute atomic E-state index is 0.546. The molecule has 0 unspecified atom stereocenters. The zero-order valence-corrected chi connectivity index (χ0v) is 11.4. The second-order valence-corrected chi connectivity index (χ2v) is 4.79. The fourth-order valence-corrected chi connectivity index (χ4v) is 2.29. The molecule has 96 valence electrons. The second-order valence-electron chi connectivity index (χ2n) is 4.44. The molecule has 0 amide bonds. The number of rotatable bonds is 3. The lowest BCUT2D eigenvalue weighted by Gasteiger charge is -2.27. The molecule has 18 heavy (non-hydrogen) atoms. The highest BCUT2D eigenvalue weighted by Crippen LogP contribution is 2.10. The number of ether oxygens (including phenoxy) is 1. The van der Waals surface area contributed by atoms with Gasteiger partial charge in [-0.3, -0.25) is 0 Å². The zero-order valence-electron chi connectivity index (χ0n) is 10.5. The van der Waals surface area contributed by atoms with E-state index in [1.807, 2.05) is 24.3 Å². The Bertz CT molecular complexity index is 396. The Balaban J connectivity index is 1.71. The average molecular weight is 261 g/mol. The van der Waals surface area contributed by atoms with Gasteiger partial charge in [-0.1, -0.05) is 36.4 Å². The molecule has 0 saturated carbocycles. The molecule has 2 rings (SSSR count). The van der Waals surface area contributed by atoms with E-state index >= 15 is 0 Å². The SMILES string of the molecule is S=C(OC/C=C/c1ccccc1)N1CCCCC1. The number of hydrogen-bond donors (Lipinski definition) is 0. The van der Waals surface area contributed by atoms with Crippen molar-refractivity contribution in [1.82, 2.24) is 4.90 Å². The lowest BCUT2D eigenvalue weighted by atomic mass is 10.1. The van der Waals surface area contributed by atoms with Gasteiger partial charge in [0.25, 0.3) is 5.17 Å². The molecule has 3 heteroatoms. The topological polar surface area (TPSA) is 12.5 Å². The summed E-state index contributed by atoms with van der Waals surface area (Å²) in [6.45, 7) is 2.63.